The summed E-state index contributed by atoms with van der Waals surface area (Å²) in [5.74, 6) is -0.137. The van der Waals surface area contributed by atoms with Gasteiger partial charge in [0, 0.05) is 50.3 Å². The highest BCUT2D eigenvalue weighted by molar-refractivity contribution is 6.04. The van der Waals surface area contributed by atoms with Crippen LogP contribution in [-0.4, -0.2) is 63.0 Å². The van der Waals surface area contributed by atoms with Gasteiger partial charge < -0.3 is 14.6 Å². The molecule has 0 unspecified atom stereocenters. The number of carbonyl (C=O) groups excluding carboxylic acids is 1. The molecule has 0 radical (unpaired) electrons. The van der Waals surface area contributed by atoms with Gasteiger partial charge in [0.1, 0.15) is 0 Å². The predicted molar refractivity (Wildman–Crippen MR) is 105 cm³/mol. The van der Waals surface area contributed by atoms with Crippen molar-refractivity contribution in [2.45, 2.75) is 13.1 Å². The largest absolute Gasteiger partial charge is 0.379 e. The molecule has 8 heteroatoms. The maximum absolute atomic E-state index is 12.5. The second-order valence-electron chi connectivity index (χ2n) is 6.83. The van der Waals surface area contributed by atoms with Crippen LogP contribution in [0.15, 0.2) is 55.4 Å². The Morgan fingerprint density at radius 1 is 1.14 bits per heavy atom. The zero-order valence-corrected chi connectivity index (χ0v) is 15.7. The molecule has 4 rings (SSSR count). The zero-order chi connectivity index (χ0) is 19.2. The number of anilines is 1. The van der Waals surface area contributed by atoms with Crippen LogP contribution in [0.4, 0.5) is 5.69 Å². The maximum Gasteiger partial charge on any atom is 0.255 e. The minimum Gasteiger partial charge on any atom is -0.379 e. The van der Waals surface area contributed by atoms with E-state index in [-0.39, 0.29) is 5.91 Å². The molecular weight excluding hydrogens is 356 g/mol. The first kappa shape index (κ1) is 18.4. The van der Waals surface area contributed by atoms with Crippen molar-refractivity contribution >= 4 is 11.6 Å². The topological polar surface area (TPSA) is 77.2 Å². The molecule has 3 aromatic rings. The zero-order valence-electron chi connectivity index (χ0n) is 15.7. The van der Waals surface area contributed by atoms with Gasteiger partial charge >= 0.3 is 0 Å². The normalized spacial score (nSPS) is 14.9. The van der Waals surface area contributed by atoms with Gasteiger partial charge in [0.2, 0.25) is 0 Å². The number of benzene rings is 1. The Hall–Kier alpha value is -2.97. The first-order valence-corrected chi connectivity index (χ1v) is 9.45. The van der Waals surface area contributed by atoms with Gasteiger partial charge in [0.15, 0.2) is 0 Å². The molecule has 1 fully saturated rings. The third-order valence-electron chi connectivity index (χ3n) is 4.78. The van der Waals surface area contributed by atoms with E-state index >= 15 is 0 Å². The van der Waals surface area contributed by atoms with Crippen LogP contribution in [0, 0.1) is 0 Å². The maximum atomic E-state index is 12.5. The smallest absolute Gasteiger partial charge is 0.255 e. The number of nitrogens with zero attached hydrogens (tertiary/aromatic N) is 5. The summed E-state index contributed by atoms with van der Waals surface area (Å²) in [7, 11) is 0. The van der Waals surface area contributed by atoms with Gasteiger partial charge in [0.25, 0.3) is 5.91 Å². The predicted octanol–water partition coefficient (Wildman–Crippen LogP) is 1.71. The van der Waals surface area contributed by atoms with E-state index in [0.717, 1.165) is 51.5 Å². The fourth-order valence-corrected chi connectivity index (χ4v) is 3.17. The summed E-state index contributed by atoms with van der Waals surface area (Å²) in [5.41, 5.74) is 2.44. The fraction of sp³-hybridized carbons (Fsp3) is 0.350. The molecule has 1 aliphatic heterocycles. The molecule has 1 amide bonds. The Kier molecular flexibility index (Phi) is 5.79. The summed E-state index contributed by atoms with van der Waals surface area (Å²) in [5, 5.41) is 7.25. The molecule has 1 saturated heterocycles. The first-order chi connectivity index (χ1) is 13.8. The Morgan fingerprint density at radius 2 is 1.96 bits per heavy atom. The Balaban J connectivity index is 1.29. The number of nitrogens with one attached hydrogen (secondary N) is 1. The molecule has 0 spiro atoms. The van der Waals surface area contributed by atoms with E-state index < -0.39 is 0 Å². The van der Waals surface area contributed by atoms with Crippen molar-refractivity contribution in [3.8, 4) is 0 Å². The van der Waals surface area contributed by atoms with Gasteiger partial charge in [0.05, 0.1) is 38.0 Å². The van der Waals surface area contributed by atoms with Crippen LogP contribution in [0.1, 0.15) is 15.9 Å². The molecule has 1 N–H and O–H groups in total. The van der Waals surface area contributed by atoms with Crippen LogP contribution in [0.3, 0.4) is 0 Å². The Bertz CT molecular complexity index is 882. The first-order valence-electron chi connectivity index (χ1n) is 9.45. The van der Waals surface area contributed by atoms with Crippen molar-refractivity contribution in [2.75, 3.05) is 38.2 Å². The third kappa shape index (κ3) is 4.85. The summed E-state index contributed by atoms with van der Waals surface area (Å²) in [6.07, 6.45) is 8.99. The van der Waals surface area contributed by atoms with E-state index in [9.17, 15) is 4.79 Å². The van der Waals surface area contributed by atoms with Gasteiger partial charge in [-0.25, -0.2) is 4.98 Å². The summed E-state index contributed by atoms with van der Waals surface area (Å²) in [6, 6.07) is 7.59. The second-order valence-corrected chi connectivity index (χ2v) is 6.83. The lowest BCUT2D eigenvalue weighted by atomic mass is 10.1. The number of amides is 1. The molecular formula is C20H24N6O2. The second kappa shape index (κ2) is 8.81. The lowest BCUT2D eigenvalue weighted by Crippen LogP contribution is -2.38. The van der Waals surface area contributed by atoms with E-state index in [1.54, 1.807) is 18.7 Å². The molecule has 0 saturated carbocycles. The molecule has 0 aliphatic carbocycles. The van der Waals surface area contributed by atoms with Crippen molar-refractivity contribution in [3.63, 3.8) is 0 Å². The summed E-state index contributed by atoms with van der Waals surface area (Å²) >= 11 is 0. The molecule has 1 aromatic carbocycles. The summed E-state index contributed by atoms with van der Waals surface area (Å²) in [4.78, 5) is 18.9. The highest BCUT2D eigenvalue weighted by Crippen LogP contribution is 2.11. The number of ether oxygens (including phenoxy) is 1. The highest BCUT2D eigenvalue weighted by Gasteiger charge is 2.11. The van der Waals surface area contributed by atoms with Crippen LogP contribution in [0.5, 0.6) is 0 Å². The molecule has 2 aromatic heterocycles. The Morgan fingerprint density at radius 3 is 2.71 bits per heavy atom. The number of aromatic nitrogens is 4. The van der Waals surface area contributed by atoms with E-state index in [1.165, 1.54) is 0 Å². The summed E-state index contributed by atoms with van der Waals surface area (Å²) < 4.78 is 9.21. The van der Waals surface area contributed by atoms with Crippen LogP contribution >= 0.6 is 0 Å². The third-order valence-corrected chi connectivity index (χ3v) is 4.78. The minimum absolute atomic E-state index is 0.137. The number of morpholine rings is 1. The molecule has 8 nitrogen and oxygen atoms in total. The van der Waals surface area contributed by atoms with Crippen molar-refractivity contribution in [1.29, 1.82) is 0 Å². The van der Waals surface area contributed by atoms with Gasteiger partial charge in [-0.05, 0) is 17.7 Å². The van der Waals surface area contributed by atoms with Gasteiger partial charge in [-0.2, -0.15) is 5.10 Å². The fourth-order valence-electron chi connectivity index (χ4n) is 3.17. The average Bonchev–Trinajstić information content (AvgIpc) is 3.40. The van der Waals surface area contributed by atoms with Gasteiger partial charge in [-0.15, -0.1) is 0 Å². The van der Waals surface area contributed by atoms with Crippen LogP contribution in [0.2, 0.25) is 0 Å². The quantitative estimate of drug-likeness (QED) is 0.675. The number of carbonyl (C=O) groups is 1. The van der Waals surface area contributed by atoms with Gasteiger partial charge in [-0.3, -0.25) is 14.4 Å². The van der Waals surface area contributed by atoms with Crippen molar-refractivity contribution in [3.05, 3.63) is 66.5 Å². The summed E-state index contributed by atoms with van der Waals surface area (Å²) in [6.45, 7) is 5.96. The molecule has 0 bridgehead atoms. The molecule has 0 atom stereocenters. The van der Waals surface area contributed by atoms with Crippen LogP contribution in [0.25, 0.3) is 0 Å². The lowest BCUT2D eigenvalue weighted by Gasteiger charge is -2.26. The van der Waals surface area contributed by atoms with E-state index in [1.807, 2.05) is 45.9 Å². The van der Waals surface area contributed by atoms with E-state index in [4.69, 9.17) is 4.74 Å². The monoisotopic (exact) mass is 380 g/mol. The number of imidazole rings is 1. The van der Waals surface area contributed by atoms with Crippen molar-refractivity contribution in [2.24, 2.45) is 0 Å². The number of rotatable bonds is 7. The SMILES string of the molecule is O=C(Nc1cnn(CCN2CCOCC2)c1)c1ccc(Cn2ccnc2)cc1. The number of hydrogen-bond acceptors (Lipinski definition) is 5. The van der Waals surface area contributed by atoms with Crippen LogP contribution < -0.4 is 5.32 Å². The average molecular weight is 380 g/mol. The van der Waals surface area contributed by atoms with Crippen molar-refractivity contribution < 1.29 is 9.53 Å². The molecule has 1 aliphatic rings. The molecule has 28 heavy (non-hydrogen) atoms. The minimum atomic E-state index is -0.137. The van der Waals surface area contributed by atoms with E-state index in [2.05, 4.69) is 20.3 Å². The molecule has 146 valence electrons. The highest BCUT2D eigenvalue weighted by atomic mass is 16.5. The van der Waals surface area contributed by atoms with Crippen LogP contribution in [-0.2, 0) is 17.8 Å². The number of hydrogen-bond donors (Lipinski definition) is 1. The van der Waals surface area contributed by atoms with Gasteiger partial charge in [-0.1, -0.05) is 12.1 Å². The Labute approximate surface area is 163 Å². The van der Waals surface area contributed by atoms with Crippen molar-refractivity contribution in [1.82, 2.24) is 24.2 Å². The van der Waals surface area contributed by atoms with E-state index in [0.29, 0.717) is 11.3 Å². The standard InChI is InChI=1S/C20H24N6O2/c27-20(18-3-1-17(2-4-18)14-25-6-5-21-16-25)23-19-13-22-26(15-19)8-7-24-9-11-28-12-10-24/h1-6,13,15-16H,7-12,14H2,(H,23,27). The lowest BCUT2D eigenvalue weighted by molar-refractivity contribution is 0.0360. The molecule has 3 heterocycles.